The van der Waals surface area contributed by atoms with Crippen molar-refractivity contribution in [3.05, 3.63) is 48.0 Å². The second kappa shape index (κ2) is 5.06. The molecule has 0 aliphatic heterocycles. The molecule has 0 saturated carbocycles. The number of nitrogens with zero attached hydrogens (tertiary/aromatic N) is 3. The number of hydrogen-bond donors (Lipinski definition) is 0. The topological polar surface area (TPSA) is 49.6 Å². The van der Waals surface area contributed by atoms with Gasteiger partial charge in [-0.05, 0) is 23.8 Å². The Balaban J connectivity index is 2.54. The van der Waals surface area contributed by atoms with Gasteiger partial charge in [-0.25, -0.2) is 0 Å². The lowest BCUT2D eigenvalue weighted by atomic mass is 10.0. The quantitative estimate of drug-likeness (QED) is 0.835. The SMILES string of the molecule is N#CCc1ncc(-c2ccncc2)cc1C(F)(F)F. The van der Waals surface area contributed by atoms with E-state index < -0.39 is 11.7 Å². The molecular weight excluding hydrogens is 255 g/mol. The van der Waals surface area contributed by atoms with Gasteiger partial charge in [0.15, 0.2) is 0 Å². The summed E-state index contributed by atoms with van der Waals surface area (Å²) >= 11 is 0. The number of rotatable bonds is 2. The van der Waals surface area contributed by atoms with Crippen molar-refractivity contribution in [3.63, 3.8) is 0 Å². The van der Waals surface area contributed by atoms with E-state index in [4.69, 9.17) is 5.26 Å². The van der Waals surface area contributed by atoms with Gasteiger partial charge in [-0.15, -0.1) is 0 Å². The largest absolute Gasteiger partial charge is 0.418 e. The maximum absolute atomic E-state index is 12.9. The van der Waals surface area contributed by atoms with Crippen molar-refractivity contribution in [3.8, 4) is 17.2 Å². The van der Waals surface area contributed by atoms with Crippen LogP contribution in [0.2, 0.25) is 0 Å². The smallest absolute Gasteiger partial charge is 0.265 e. The average molecular weight is 263 g/mol. The van der Waals surface area contributed by atoms with Crippen molar-refractivity contribution >= 4 is 0 Å². The number of aromatic nitrogens is 2. The van der Waals surface area contributed by atoms with Crippen LogP contribution < -0.4 is 0 Å². The number of hydrogen-bond acceptors (Lipinski definition) is 3. The summed E-state index contributed by atoms with van der Waals surface area (Å²) in [5.41, 5.74) is -0.191. The minimum Gasteiger partial charge on any atom is -0.265 e. The fourth-order valence-electron chi connectivity index (χ4n) is 1.66. The first-order chi connectivity index (χ1) is 9.02. The molecule has 0 fully saturated rings. The Kier molecular flexibility index (Phi) is 3.47. The molecule has 6 heteroatoms. The van der Waals surface area contributed by atoms with Crippen LogP contribution in [0.5, 0.6) is 0 Å². The monoisotopic (exact) mass is 263 g/mol. The molecule has 0 aromatic carbocycles. The highest BCUT2D eigenvalue weighted by Crippen LogP contribution is 2.34. The van der Waals surface area contributed by atoms with Crippen molar-refractivity contribution in [2.24, 2.45) is 0 Å². The maximum atomic E-state index is 12.9. The Morgan fingerprint density at radius 2 is 1.84 bits per heavy atom. The van der Waals surface area contributed by atoms with Crippen LogP contribution in [0, 0.1) is 11.3 Å². The first-order valence-corrected chi connectivity index (χ1v) is 5.36. The van der Waals surface area contributed by atoms with Crippen LogP contribution >= 0.6 is 0 Å². The first-order valence-electron chi connectivity index (χ1n) is 5.36. The van der Waals surface area contributed by atoms with E-state index >= 15 is 0 Å². The van der Waals surface area contributed by atoms with Gasteiger partial charge in [0, 0.05) is 24.2 Å². The molecule has 0 atom stereocenters. The van der Waals surface area contributed by atoms with Crippen molar-refractivity contribution < 1.29 is 13.2 Å². The standard InChI is InChI=1S/C13H8F3N3/c14-13(15,16)11-7-10(8-19-12(11)1-4-17)9-2-5-18-6-3-9/h2-3,5-8H,1H2. The van der Waals surface area contributed by atoms with E-state index in [9.17, 15) is 13.2 Å². The molecule has 0 spiro atoms. The summed E-state index contributed by atoms with van der Waals surface area (Å²) < 4.78 is 38.7. The van der Waals surface area contributed by atoms with Crippen LogP contribution in [0.25, 0.3) is 11.1 Å². The maximum Gasteiger partial charge on any atom is 0.418 e. The molecule has 2 aromatic rings. The van der Waals surface area contributed by atoms with E-state index in [1.54, 1.807) is 18.2 Å². The Morgan fingerprint density at radius 3 is 2.42 bits per heavy atom. The van der Waals surface area contributed by atoms with Gasteiger partial charge in [-0.1, -0.05) is 0 Å². The van der Waals surface area contributed by atoms with Gasteiger partial charge < -0.3 is 0 Å². The molecular formula is C13H8F3N3. The Morgan fingerprint density at radius 1 is 1.16 bits per heavy atom. The van der Waals surface area contributed by atoms with E-state index in [-0.39, 0.29) is 12.1 Å². The fourth-order valence-corrected chi connectivity index (χ4v) is 1.66. The van der Waals surface area contributed by atoms with Gasteiger partial charge in [0.2, 0.25) is 0 Å². The van der Waals surface area contributed by atoms with Crippen molar-refractivity contribution in [2.45, 2.75) is 12.6 Å². The fraction of sp³-hybridized carbons (Fsp3) is 0.154. The third kappa shape index (κ3) is 2.88. The molecule has 96 valence electrons. The van der Waals surface area contributed by atoms with E-state index in [0.29, 0.717) is 11.1 Å². The van der Waals surface area contributed by atoms with Crippen LogP contribution in [0.1, 0.15) is 11.3 Å². The molecule has 3 nitrogen and oxygen atoms in total. The summed E-state index contributed by atoms with van der Waals surface area (Å²) in [6, 6.07) is 5.89. The van der Waals surface area contributed by atoms with Gasteiger partial charge in [0.05, 0.1) is 23.7 Å². The lowest BCUT2D eigenvalue weighted by Gasteiger charge is -2.12. The number of pyridine rings is 2. The van der Waals surface area contributed by atoms with Crippen LogP contribution in [0.3, 0.4) is 0 Å². The van der Waals surface area contributed by atoms with E-state index in [1.165, 1.54) is 18.6 Å². The molecule has 2 rings (SSSR count). The number of alkyl halides is 3. The van der Waals surface area contributed by atoms with E-state index in [1.807, 2.05) is 0 Å². The zero-order valence-electron chi connectivity index (χ0n) is 9.65. The highest BCUT2D eigenvalue weighted by Gasteiger charge is 2.34. The minimum atomic E-state index is -4.53. The molecule has 19 heavy (non-hydrogen) atoms. The highest BCUT2D eigenvalue weighted by molar-refractivity contribution is 5.63. The van der Waals surface area contributed by atoms with Gasteiger partial charge in [-0.3, -0.25) is 9.97 Å². The molecule has 0 N–H and O–H groups in total. The minimum absolute atomic E-state index is 0.257. The Hall–Kier alpha value is -2.42. The molecule has 2 aromatic heterocycles. The van der Waals surface area contributed by atoms with Gasteiger partial charge in [0.25, 0.3) is 0 Å². The molecule has 0 bridgehead atoms. The average Bonchev–Trinajstić information content (AvgIpc) is 2.39. The summed E-state index contributed by atoms with van der Waals surface area (Å²) in [6.07, 6.45) is -0.581. The van der Waals surface area contributed by atoms with E-state index in [0.717, 1.165) is 6.07 Å². The molecule has 0 amide bonds. The molecule has 2 heterocycles. The third-order valence-electron chi connectivity index (χ3n) is 2.54. The molecule has 0 aliphatic carbocycles. The van der Waals surface area contributed by atoms with Crippen molar-refractivity contribution in [1.82, 2.24) is 9.97 Å². The second-order valence-electron chi connectivity index (χ2n) is 3.79. The lowest BCUT2D eigenvalue weighted by Crippen LogP contribution is -2.11. The summed E-state index contributed by atoms with van der Waals surface area (Å²) in [6.45, 7) is 0. The molecule has 0 unspecified atom stereocenters. The first kappa shape index (κ1) is 13.0. The summed E-state index contributed by atoms with van der Waals surface area (Å²) in [4.78, 5) is 7.55. The lowest BCUT2D eigenvalue weighted by molar-refractivity contribution is -0.138. The predicted molar refractivity (Wildman–Crippen MR) is 61.8 cm³/mol. The van der Waals surface area contributed by atoms with Crippen molar-refractivity contribution in [1.29, 1.82) is 5.26 Å². The third-order valence-corrected chi connectivity index (χ3v) is 2.54. The summed E-state index contributed by atoms with van der Waals surface area (Å²) in [7, 11) is 0. The zero-order valence-corrected chi connectivity index (χ0v) is 9.65. The normalized spacial score (nSPS) is 11.1. The van der Waals surface area contributed by atoms with E-state index in [2.05, 4.69) is 9.97 Å². The Labute approximate surface area is 107 Å². The Bertz CT molecular complexity index is 615. The van der Waals surface area contributed by atoms with Gasteiger partial charge in [-0.2, -0.15) is 18.4 Å². The predicted octanol–water partition coefficient (Wildman–Crippen LogP) is 3.23. The van der Waals surface area contributed by atoms with Crippen LogP contribution in [0.15, 0.2) is 36.8 Å². The van der Waals surface area contributed by atoms with Gasteiger partial charge in [0.1, 0.15) is 0 Å². The van der Waals surface area contributed by atoms with Crippen LogP contribution in [-0.4, -0.2) is 9.97 Å². The van der Waals surface area contributed by atoms with Crippen LogP contribution in [-0.2, 0) is 12.6 Å². The van der Waals surface area contributed by atoms with Crippen molar-refractivity contribution in [2.75, 3.05) is 0 Å². The van der Waals surface area contributed by atoms with Crippen LogP contribution in [0.4, 0.5) is 13.2 Å². The summed E-state index contributed by atoms with van der Waals surface area (Å²) in [5.74, 6) is 0. The second-order valence-corrected chi connectivity index (χ2v) is 3.79. The number of nitriles is 1. The summed E-state index contributed by atoms with van der Waals surface area (Å²) in [5, 5.41) is 8.53. The molecule has 0 aliphatic rings. The molecule has 0 saturated heterocycles. The zero-order chi connectivity index (χ0) is 13.9. The number of halogens is 3. The van der Waals surface area contributed by atoms with Gasteiger partial charge >= 0.3 is 6.18 Å². The highest BCUT2D eigenvalue weighted by atomic mass is 19.4. The molecule has 0 radical (unpaired) electrons.